The van der Waals surface area contributed by atoms with Gasteiger partial charge in [-0.2, -0.15) is 0 Å². The fraction of sp³-hybridized carbons (Fsp3) is 0.0417. The van der Waals surface area contributed by atoms with Crippen molar-refractivity contribution in [3.05, 3.63) is 107 Å². The van der Waals surface area contributed by atoms with Crippen LogP contribution in [0.2, 0.25) is 0 Å². The number of benzene rings is 3. The van der Waals surface area contributed by atoms with Crippen LogP contribution in [-0.4, -0.2) is 19.6 Å². The van der Waals surface area contributed by atoms with Crippen molar-refractivity contribution in [2.24, 2.45) is 0 Å². The van der Waals surface area contributed by atoms with Gasteiger partial charge in [-0.15, -0.1) is 15.0 Å². The van der Waals surface area contributed by atoms with Gasteiger partial charge in [0.05, 0.1) is 5.69 Å². The molecule has 0 N–H and O–H groups in total. The van der Waals surface area contributed by atoms with Gasteiger partial charge < -0.3 is 0 Å². The summed E-state index contributed by atoms with van der Waals surface area (Å²) >= 11 is 0. The van der Waals surface area contributed by atoms with Crippen LogP contribution in [0, 0.1) is 6.92 Å². The number of rotatable bonds is 3. The summed E-state index contributed by atoms with van der Waals surface area (Å²) in [4.78, 5) is 14.6. The van der Waals surface area contributed by atoms with E-state index < -0.39 is 0 Å². The Morgan fingerprint density at radius 2 is 1.31 bits per heavy atom. The number of aromatic nitrogens is 4. The van der Waals surface area contributed by atoms with Crippen LogP contribution in [0.4, 0.5) is 0 Å². The molecule has 3 aromatic carbocycles. The Morgan fingerprint density at radius 3 is 1.97 bits per heavy atom. The van der Waals surface area contributed by atoms with E-state index in [2.05, 4.69) is 10.2 Å². The number of fused-ring (bicyclic) bond motifs is 1. The molecule has 2 aromatic heterocycles. The quantitative estimate of drug-likeness (QED) is 0.463. The molecule has 0 aliphatic rings. The van der Waals surface area contributed by atoms with Crippen LogP contribution in [0.3, 0.4) is 0 Å². The molecule has 5 heteroatoms. The minimum Gasteiger partial charge on any atom is -0.275 e. The fourth-order valence-corrected chi connectivity index (χ4v) is 3.48. The third-order valence-electron chi connectivity index (χ3n) is 4.91. The number of pyridine rings is 1. The fourth-order valence-electron chi connectivity index (χ4n) is 3.48. The number of hydrogen-bond acceptors (Lipinski definition) is 3. The Morgan fingerprint density at radius 1 is 0.690 bits per heavy atom. The molecule has 0 radical (unpaired) electrons. The zero-order valence-electron chi connectivity index (χ0n) is 15.9. The van der Waals surface area contributed by atoms with Crippen LogP contribution in [0.15, 0.2) is 95.8 Å². The predicted octanol–water partition coefficient (Wildman–Crippen LogP) is 4.55. The lowest BCUT2D eigenvalue weighted by molar-refractivity contribution is 0.757. The number of nitrogens with zero attached hydrogens (tertiary/aromatic N) is 4. The van der Waals surface area contributed by atoms with Gasteiger partial charge in [0, 0.05) is 17.3 Å². The summed E-state index contributed by atoms with van der Waals surface area (Å²) in [6.45, 7) is 2.03. The molecule has 0 atom stereocenters. The smallest absolute Gasteiger partial charge is 0.255 e. The largest absolute Gasteiger partial charge is 0.275 e. The Kier molecular flexibility index (Phi) is 4.06. The first-order valence-electron chi connectivity index (χ1n) is 9.42. The molecule has 0 unspecified atom stereocenters. The highest BCUT2D eigenvalue weighted by Gasteiger charge is 2.17. The van der Waals surface area contributed by atoms with E-state index >= 15 is 0 Å². The van der Waals surface area contributed by atoms with Crippen LogP contribution >= 0.6 is 0 Å². The molecule has 140 valence electrons. The van der Waals surface area contributed by atoms with Crippen molar-refractivity contribution in [1.82, 2.24) is 19.6 Å². The highest BCUT2D eigenvalue weighted by atomic mass is 16.1. The molecule has 0 aliphatic heterocycles. The summed E-state index contributed by atoms with van der Waals surface area (Å²) in [6.07, 6.45) is 0. The van der Waals surface area contributed by atoms with Gasteiger partial charge in [0.15, 0.2) is 0 Å². The molecule has 2 heterocycles. The van der Waals surface area contributed by atoms with Gasteiger partial charge in [0.25, 0.3) is 5.56 Å². The Hall–Kier alpha value is -3.99. The van der Waals surface area contributed by atoms with E-state index in [1.807, 2.05) is 85.8 Å². The van der Waals surface area contributed by atoms with E-state index in [-0.39, 0.29) is 5.56 Å². The molecule has 0 amide bonds. The molecule has 29 heavy (non-hydrogen) atoms. The maximum Gasteiger partial charge on any atom is 0.255 e. The van der Waals surface area contributed by atoms with Crippen molar-refractivity contribution in [3.63, 3.8) is 0 Å². The van der Waals surface area contributed by atoms with Crippen LogP contribution in [0.5, 0.6) is 0 Å². The Bertz CT molecular complexity index is 1330. The van der Waals surface area contributed by atoms with Gasteiger partial charge in [0.2, 0.25) is 0 Å². The Labute approximate surface area is 167 Å². The third kappa shape index (κ3) is 3.02. The average molecular weight is 378 g/mol. The van der Waals surface area contributed by atoms with Gasteiger partial charge in [-0.3, -0.25) is 9.36 Å². The van der Waals surface area contributed by atoms with Crippen molar-refractivity contribution < 1.29 is 0 Å². The SMILES string of the molecule is Cc1ccc(-n2c(-c3ccccc3)c(-n3nc4ccccc4n3)ccc2=O)cc1. The molecule has 0 fully saturated rings. The number of aryl methyl sites for hydroxylation is 1. The molecule has 0 bridgehead atoms. The maximum atomic E-state index is 13.0. The van der Waals surface area contributed by atoms with E-state index in [1.54, 1.807) is 21.5 Å². The third-order valence-corrected chi connectivity index (χ3v) is 4.91. The summed E-state index contributed by atoms with van der Waals surface area (Å²) in [5.74, 6) is 0. The van der Waals surface area contributed by atoms with Crippen molar-refractivity contribution in [3.8, 4) is 22.6 Å². The summed E-state index contributed by atoms with van der Waals surface area (Å²) < 4.78 is 1.72. The van der Waals surface area contributed by atoms with E-state index in [9.17, 15) is 4.79 Å². The lowest BCUT2D eigenvalue weighted by Gasteiger charge is -2.17. The van der Waals surface area contributed by atoms with Crippen molar-refractivity contribution in [1.29, 1.82) is 0 Å². The summed E-state index contributed by atoms with van der Waals surface area (Å²) in [6, 6.07) is 28.9. The molecular weight excluding hydrogens is 360 g/mol. The van der Waals surface area contributed by atoms with Gasteiger partial charge in [0.1, 0.15) is 16.7 Å². The molecule has 0 saturated carbocycles. The maximum absolute atomic E-state index is 13.0. The first-order chi connectivity index (χ1) is 14.2. The second kappa shape index (κ2) is 6.87. The number of hydrogen-bond donors (Lipinski definition) is 0. The minimum absolute atomic E-state index is 0.104. The molecule has 5 rings (SSSR count). The van der Waals surface area contributed by atoms with Gasteiger partial charge >= 0.3 is 0 Å². The van der Waals surface area contributed by atoms with Gasteiger partial charge in [-0.05, 0) is 37.3 Å². The first-order valence-corrected chi connectivity index (χ1v) is 9.42. The lowest BCUT2D eigenvalue weighted by Crippen LogP contribution is -2.21. The molecule has 0 spiro atoms. The summed E-state index contributed by atoms with van der Waals surface area (Å²) in [5.41, 5.74) is 5.86. The highest BCUT2D eigenvalue weighted by molar-refractivity contribution is 5.75. The second-order valence-corrected chi connectivity index (χ2v) is 6.92. The van der Waals surface area contributed by atoms with Gasteiger partial charge in [-0.25, -0.2) is 0 Å². The summed E-state index contributed by atoms with van der Waals surface area (Å²) in [7, 11) is 0. The van der Waals surface area contributed by atoms with Crippen LogP contribution in [-0.2, 0) is 0 Å². The van der Waals surface area contributed by atoms with E-state index in [1.165, 1.54) is 0 Å². The first kappa shape index (κ1) is 17.1. The predicted molar refractivity (Wildman–Crippen MR) is 115 cm³/mol. The van der Waals surface area contributed by atoms with Crippen LogP contribution in [0.25, 0.3) is 33.7 Å². The molecule has 5 aromatic rings. The highest BCUT2D eigenvalue weighted by Crippen LogP contribution is 2.28. The van der Waals surface area contributed by atoms with E-state index in [4.69, 9.17) is 0 Å². The lowest BCUT2D eigenvalue weighted by atomic mass is 10.1. The molecular formula is C24H18N4O. The van der Waals surface area contributed by atoms with Crippen molar-refractivity contribution >= 4 is 11.0 Å². The Balaban J connectivity index is 1.85. The molecule has 0 aliphatic carbocycles. The van der Waals surface area contributed by atoms with Crippen LogP contribution < -0.4 is 5.56 Å². The normalized spacial score (nSPS) is 11.1. The van der Waals surface area contributed by atoms with E-state index in [0.717, 1.165) is 39.2 Å². The second-order valence-electron chi connectivity index (χ2n) is 6.92. The zero-order valence-corrected chi connectivity index (χ0v) is 15.9. The average Bonchev–Trinajstić information content (AvgIpc) is 3.19. The summed E-state index contributed by atoms with van der Waals surface area (Å²) in [5, 5.41) is 9.28. The minimum atomic E-state index is -0.104. The van der Waals surface area contributed by atoms with Crippen LogP contribution in [0.1, 0.15) is 5.56 Å². The van der Waals surface area contributed by atoms with Crippen molar-refractivity contribution in [2.45, 2.75) is 6.92 Å². The zero-order chi connectivity index (χ0) is 19.8. The topological polar surface area (TPSA) is 52.7 Å². The monoisotopic (exact) mass is 378 g/mol. The van der Waals surface area contributed by atoms with Crippen molar-refractivity contribution in [2.75, 3.05) is 0 Å². The van der Waals surface area contributed by atoms with Gasteiger partial charge in [-0.1, -0.05) is 60.2 Å². The van der Waals surface area contributed by atoms with E-state index in [0.29, 0.717) is 0 Å². The molecule has 5 nitrogen and oxygen atoms in total. The molecule has 0 saturated heterocycles. The standard InChI is InChI=1S/C24H18N4O/c1-17-11-13-19(14-12-17)27-23(29)16-15-22(24(27)18-7-3-2-4-8-18)28-25-20-9-5-6-10-21(20)26-28/h2-16H,1H3.